The lowest BCUT2D eigenvalue weighted by Gasteiger charge is -2.11. The van der Waals surface area contributed by atoms with Crippen LogP contribution in [0.3, 0.4) is 0 Å². The molecule has 8 heteroatoms. The van der Waals surface area contributed by atoms with Crippen LogP contribution in [0.5, 0.6) is 5.75 Å². The predicted molar refractivity (Wildman–Crippen MR) is 90.0 cm³/mol. The Morgan fingerprint density at radius 2 is 1.70 bits per heavy atom. The van der Waals surface area contributed by atoms with E-state index >= 15 is 0 Å². The molecular weight excluding hydrogens is 361 g/mol. The van der Waals surface area contributed by atoms with Crippen molar-refractivity contribution in [2.45, 2.75) is 6.61 Å². The van der Waals surface area contributed by atoms with Gasteiger partial charge in [0.1, 0.15) is 6.61 Å². The van der Waals surface area contributed by atoms with Crippen molar-refractivity contribution in [1.82, 2.24) is 10.2 Å². The zero-order chi connectivity index (χ0) is 16.4. The van der Waals surface area contributed by atoms with Crippen LogP contribution < -0.4 is 10.5 Å². The van der Waals surface area contributed by atoms with Gasteiger partial charge in [0.15, 0.2) is 5.75 Å². The molecule has 118 valence electrons. The summed E-state index contributed by atoms with van der Waals surface area (Å²) in [6.45, 7) is 0.242. The SMILES string of the molecule is Nc1nnc(-c2cc(Cl)c(OCc3ccccc3Cl)c(Cl)c2)o1. The molecule has 1 heterocycles. The van der Waals surface area contributed by atoms with Crippen LogP contribution in [0.1, 0.15) is 5.56 Å². The third-order valence-electron chi connectivity index (χ3n) is 3.02. The monoisotopic (exact) mass is 369 g/mol. The fourth-order valence-electron chi connectivity index (χ4n) is 1.94. The Bertz CT molecular complexity index is 828. The first-order chi connectivity index (χ1) is 11.0. The number of halogens is 3. The predicted octanol–water partition coefficient (Wildman–Crippen LogP) is 4.86. The zero-order valence-corrected chi connectivity index (χ0v) is 13.9. The first kappa shape index (κ1) is 15.9. The molecule has 0 radical (unpaired) electrons. The quantitative estimate of drug-likeness (QED) is 0.710. The Balaban J connectivity index is 1.85. The Kier molecular flexibility index (Phi) is 4.61. The van der Waals surface area contributed by atoms with Gasteiger partial charge in [-0.2, -0.15) is 0 Å². The lowest BCUT2D eigenvalue weighted by atomic mass is 10.2. The van der Waals surface area contributed by atoms with Gasteiger partial charge < -0.3 is 14.9 Å². The fourth-order valence-corrected chi connectivity index (χ4v) is 2.72. The van der Waals surface area contributed by atoms with Gasteiger partial charge in [0.25, 0.3) is 0 Å². The summed E-state index contributed by atoms with van der Waals surface area (Å²) in [6.07, 6.45) is 0. The minimum atomic E-state index is -0.0358. The van der Waals surface area contributed by atoms with Gasteiger partial charge in [0, 0.05) is 16.1 Å². The second-order valence-corrected chi connectivity index (χ2v) is 5.82. The third-order valence-corrected chi connectivity index (χ3v) is 3.95. The van der Waals surface area contributed by atoms with Gasteiger partial charge in [-0.15, -0.1) is 5.10 Å². The zero-order valence-electron chi connectivity index (χ0n) is 11.6. The van der Waals surface area contributed by atoms with Gasteiger partial charge in [-0.3, -0.25) is 0 Å². The molecule has 3 rings (SSSR count). The van der Waals surface area contributed by atoms with Gasteiger partial charge in [-0.05, 0) is 18.2 Å². The number of nitrogen functional groups attached to an aromatic ring is 1. The molecule has 0 saturated heterocycles. The summed E-state index contributed by atoms with van der Waals surface area (Å²) in [5, 5.41) is 8.62. The Morgan fingerprint density at radius 1 is 1.00 bits per heavy atom. The maximum absolute atomic E-state index is 6.23. The van der Waals surface area contributed by atoms with Gasteiger partial charge in [-0.1, -0.05) is 58.1 Å². The van der Waals surface area contributed by atoms with E-state index in [2.05, 4.69) is 10.2 Å². The minimum Gasteiger partial charge on any atom is -0.486 e. The lowest BCUT2D eigenvalue weighted by Crippen LogP contribution is -1.97. The number of nitrogens with zero attached hydrogens (tertiary/aromatic N) is 2. The standard InChI is InChI=1S/C15H10Cl3N3O2/c16-10-4-2-1-3-8(10)7-22-13-11(17)5-9(6-12(13)18)14-20-21-15(19)23-14/h1-6H,7H2,(H2,19,21). The maximum atomic E-state index is 6.23. The second-order valence-electron chi connectivity index (χ2n) is 4.59. The van der Waals surface area contributed by atoms with E-state index in [0.717, 1.165) is 5.56 Å². The normalized spacial score (nSPS) is 10.7. The van der Waals surface area contributed by atoms with Crippen molar-refractivity contribution >= 4 is 40.8 Å². The highest BCUT2D eigenvalue weighted by Gasteiger charge is 2.15. The topological polar surface area (TPSA) is 74.2 Å². The van der Waals surface area contributed by atoms with E-state index < -0.39 is 0 Å². The molecule has 0 spiro atoms. The average molecular weight is 371 g/mol. The lowest BCUT2D eigenvalue weighted by molar-refractivity contribution is 0.306. The van der Waals surface area contributed by atoms with E-state index in [1.54, 1.807) is 18.2 Å². The third kappa shape index (κ3) is 3.52. The van der Waals surface area contributed by atoms with E-state index in [4.69, 9.17) is 49.7 Å². The highest BCUT2D eigenvalue weighted by atomic mass is 35.5. The molecular formula is C15H10Cl3N3O2. The minimum absolute atomic E-state index is 0.0358. The summed E-state index contributed by atoms with van der Waals surface area (Å²) < 4.78 is 10.8. The van der Waals surface area contributed by atoms with Gasteiger partial charge >= 0.3 is 6.01 Å². The van der Waals surface area contributed by atoms with Crippen LogP contribution >= 0.6 is 34.8 Å². The molecule has 0 fully saturated rings. The number of ether oxygens (including phenoxy) is 1. The summed E-state index contributed by atoms with van der Waals surface area (Å²) >= 11 is 18.6. The van der Waals surface area contributed by atoms with Crippen molar-refractivity contribution in [2.24, 2.45) is 0 Å². The second kappa shape index (κ2) is 6.66. The molecule has 2 N–H and O–H groups in total. The van der Waals surface area contributed by atoms with Crippen LogP contribution in [0.4, 0.5) is 6.01 Å². The van der Waals surface area contributed by atoms with E-state index in [0.29, 0.717) is 26.4 Å². The highest BCUT2D eigenvalue weighted by molar-refractivity contribution is 6.37. The van der Waals surface area contributed by atoms with Crippen molar-refractivity contribution in [3.63, 3.8) is 0 Å². The molecule has 0 unspecified atom stereocenters. The molecule has 0 amide bonds. The maximum Gasteiger partial charge on any atom is 0.313 e. The van der Waals surface area contributed by atoms with Crippen LogP contribution in [0.2, 0.25) is 15.1 Å². The number of aromatic nitrogens is 2. The van der Waals surface area contributed by atoms with E-state index in [1.807, 2.05) is 18.2 Å². The summed E-state index contributed by atoms with van der Waals surface area (Å²) in [5.74, 6) is 0.577. The first-order valence-corrected chi connectivity index (χ1v) is 7.62. The molecule has 2 aromatic carbocycles. The Hall–Kier alpha value is -1.95. The van der Waals surface area contributed by atoms with Crippen molar-refractivity contribution in [3.8, 4) is 17.2 Å². The molecule has 0 aliphatic rings. The number of benzene rings is 2. The summed E-state index contributed by atoms with van der Waals surface area (Å²) in [4.78, 5) is 0. The summed E-state index contributed by atoms with van der Waals surface area (Å²) in [5.41, 5.74) is 6.78. The first-order valence-electron chi connectivity index (χ1n) is 6.49. The molecule has 0 aliphatic carbocycles. The number of nitrogens with two attached hydrogens (primary N) is 1. The van der Waals surface area contributed by atoms with Gasteiger partial charge in [-0.25, -0.2) is 0 Å². The highest BCUT2D eigenvalue weighted by Crippen LogP contribution is 2.38. The fraction of sp³-hybridized carbons (Fsp3) is 0.0667. The van der Waals surface area contributed by atoms with Gasteiger partial charge in [0.2, 0.25) is 5.89 Å². The van der Waals surface area contributed by atoms with Crippen LogP contribution in [0, 0.1) is 0 Å². The van der Waals surface area contributed by atoms with E-state index in [9.17, 15) is 0 Å². The Labute approximate surface area is 146 Å². The molecule has 1 aromatic heterocycles. The molecule has 23 heavy (non-hydrogen) atoms. The van der Waals surface area contributed by atoms with Crippen molar-refractivity contribution in [2.75, 3.05) is 5.73 Å². The molecule has 0 aliphatic heterocycles. The van der Waals surface area contributed by atoms with Crippen LogP contribution in [0.15, 0.2) is 40.8 Å². The summed E-state index contributed by atoms with van der Waals surface area (Å²) in [7, 11) is 0. The van der Waals surface area contributed by atoms with Crippen molar-refractivity contribution in [3.05, 3.63) is 57.0 Å². The van der Waals surface area contributed by atoms with Gasteiger partial charge in [0.05, 0.1) is 10.0 Å². The molecule has 0 atom stereocenters. The molecule has 3 aromatic rings. The van der Waals surface area contributed by atoms with Crippen molar-refractivity contribution in [1.29, 1.82) is 0 Å². The molecule has 0 saturated carbocycles. The van der Waals surface area contributed by atoms with Crippen LogP contribution in [0.25, 0.3) is 11.5 Å². The van der Waals surface area contributed by atoms with Crippen molar-refractivity contribution < 1.29 is 9.15 Å². The summed E-state index contributed by atoms with van der Waals surface area (Å²) in [6, 6.07) is 10.6. The number of hydrogen-bond acceptors (Lipinski definition) is 5. The number of rotatable bonds is 4. The average Bonchev–Trinajstić information content (AvgIpc) is 2.94. The molecule has 5 nitrogen and oxygen atoms in total. The van der Waals surface area contributed by atoms with Crippen LogP contribution in [-0.4, -0.2) is 10.2 Å². The Morgan fingerprint density at radius 3 is 2.30 bits per heavy atom. The molecule has 0 bridgehead atoms. The van der Waals surface area contributed by atoms with E-state index in [-0.39, 0.29) is 18.5 Å². The number of anilines is 1. The number of hydrogen-bond donors (Lipinski definition) is 1. The van der Waals surface area contributed by atoms with E-state index in [1.165, 1.54) is 0 Å². The largest absolute Gasteiger partial charge is 0.486 e. The van der Waals surface area contributed by atoms with Crippen LogP contribution in [-0.2, 0) is 6.61 Å². The smallest absolute Gasteiger partial charge is 0.313 e.